The topological polar surface area (TPSA) is 77.4 Å². The second kappa shape index (κ2) is 8.50. The first-order chi connectivity index (χ1) is 8.77. The van der Waals surface area contributed by atoms with E-state index in [1.54, 1.807) is 0 Å². The maximum Gasteiger partial charge on any atom is 0.263 e. The molecule has 1 rings (SSSR count). The van der Waals surface area contributed by atoms with Crippen molar-refractivity contribution in [1.29, 1.82) is 5.26 Å². The molecule has 1 saturated heterocycles. The van der Waals surface area contributed by atoms with Gasteiger partial charge in [0.15, 0.2) is 0 Å². The minimum atomic E-state index is -0.327. The molecule has 0 aliphatic carbocycles. The number of amides is 1. The molecule has 0 radical (unpaired) electrons. The molecule has 1 aliphatic heterocycles. The number of nitrogens with zero attached hydrogens (tertiary/aromatic N) is 2. The predicted molar refractivity (Wildman–Crippen MR) is 67.6 cm³/mol. The van der Waals surface area contributed by atoms with Crippen LogP contribution in [0.15, 0.2) is 11.8 Å². The Morgan fingerprint density at radius 2 is 2.22 bits per heavy atom. The van der Waals surface area contributed by atoms with Gasteiger partial charge in [-0.1, -0.05) is 0 Å². The minimum Gasteiger partial charge on any atom is -0.390 e. The fraction of sp³-hybridized carbons (Fsp3) is 0.667. The summed E-state index contributed by atoms with van der Waals surface area (Å²) >= 11 is 0. The third-order valence-corrected chi connectivity index (χ3v) is 2.63. The molecule has 6 heteroatoms. The van der Waals surface area contributed by atoms with E-state index in [9.17, 15) is 4.79 Å². The van der Waals surface area contributed by atoms with Crippen LogP contribution in [0.1, 0.15) is 6.92 Å². The zero-order chi connectivity index (χ0) is 13.2. The van der Waals surface area contributed by atoms with Gasteiger partial charge in [-0.2, -0.15) is 5.26 Å². The summed E-state index contributed by atoms with van der Waals surface area (Å²) in [7, 11) is 0. The normalized spacial score (nSPS) is 17.0. The Labute approximate surface area is 108 Å². The van der Waals surface area contributed by atoms with Crippen LogP contribution in [0.4, 0.5) is 0 Å². The highest BCUT2D eigenvalue weighted by atomic mass is 16.5. The Balaban J connectivity index is 2.25. The lowest BCUT2D eigenvalue weighted by Crippen LogP contribution is -2.41. The second-order valence-electron chi connectivity index (χ2n) is 3.94. The number of morpholine rings is 1. The number of carbonyl (C=O) groups is 1. The van der Waals surface area contributed by atoms with E-state index >= 15 is 0 Å². The van der Waals surface area contributed by atoms with Crippen LogP contribution in [0.25, 0.3) is 0 Å². The van der Waals surface area contributed by atoms with Crippen molar-refractivity contribution in [2.75, 3.05) is 45.9 Å². The standard InChI is InChI=1S/C12H20N4O2/c1-2-14-10-11(9-13)12(17)15-3-4-16-5-7-18-8-6-16/h10,14H,2-8H2,1H3,(H,15,17)/b11-10-. The molecule has 0 unspecified atom stereocenters. The van der Waals surface area contributed by atoms with Gasteiger partial charge in [0, 0.05) is 38.9 Å². The van der Waals surface area contributed by atoms with Gasteiger partial charge in [0.25, 0.3) is 5.91 Å². The molecular weight excluding hydrogens is 232 g/mol. The zero-order valence-electron chi connectivity index (χ0n) is 10.7. The molecule has 1 aliphatic rings. The first-order valence-corrected chi connectivity index (χ1v) is 6.20. The molecule has 18 heavy (non-hydrogen) atoms. The molecule has 1 fully saturated rings. The predicted octanol–water partition coefficient (Wildman–Crippen LogP) is -0.548. The van der Waals surface area contributed by atoms with Crippen LogP contribution < -0.4 is 10.6 Å². The molecule has 1 amide bonds. The maximum atomic E-state index is 11.6. The smallest absolute Gasteiger partial charge is 0.263 e. The summed E-state index contributed by atoms with van der Waals surface area (Å²) in [5.41, 5.74) is 0.110. The van der Waals surface area contributed by atoms with Gasteiger partial charge in [0.05, 0.1) is 13.2 Å². The molecule has 0 aromatic rings. The number of hydrogen-bond donors (Lipinski definition) is 2. The first-order valence-electron chi connectivity index (χ1n) is 6.20. The quantitative estimate of drug-likeness (QED) is 0.490. The number of nitriles is 1. The van der Waals surface area contributed by atoms with Crippen molar-refractivity contribution in [2.45, 2.75) is 6.92 Å². The molecule has 0 atom stereocenters. The Kier molecular flexibility index (Phi) is 6.84. The van der Waals surface area contributed by atoms with Crippen molar-refractivity contribution in [3.05, 3.63) is 11.8 Å². The van der Waals surface area contributed by atoms with E-state index in [4.69, 9.17) is 10.00 Å². The maximum absolute atomic E-state index is 11.6. The van der Waals surface area contributed by atoms with Crippen LogP contribution in [-0.4, -0.2) is 56.7 Å². The van der Waals surface area contributed by atoms with Gasteiger partial charge in [0.2, 0.25) is 0 Å². The van der Waals surface area contributed by atoms with Crippen molar-refractivity contribution >= 4 is 5.91 Å². The Morgan fingerprint density at radius 3 is 2.83 bits per heavy atom. The van der Waals surface area contributed by atoms with Crippen LogP contribution >= 0.6 is 0 Å². The van der Waals surface area contributed by atoms with Crippen LogP contribution in [0, 0.1) is 11.3 Å². The summed E-state index contributed by atoms with van der Waals surface area (Å²) in [5, 5.41) is 14.4. The van der Waals surface area contributed by atoms with E-state index in [0.717, 1.165) is 32.8 Å². The largest absolute Gasteiger partial charge is 0.390 e. The third kappa shape index (κ3) is 5.17. The molecule has 6 nitrogen and oxygen atoms in total. The number of ether oxygens (including phenoxy) is 1. The fourth-order valence-corrected chi connectivity index (χ4v) is 1.60. The lowest BCUT2D eigenvalue weighted by Gasteiger charge is -2.26. The summed E-state index contributed by atoms with van der Waals surface area (Å²) in [6.45, 7) is 7.21. The van der Waals surface area contributed by atoms with Crippen LogP contribution in [0.5, 0.6) is 0 Å². The van der Waals surface area contributed by atoms with Gasteiger partial charge >= 0.3 is 0 Å². The van der Waals surface area contributed by atoms with Crippen molar-refractivity contribution in [3.63, 3.8) is 0 Å². The number of rotatable bonds is 6. The third-order valence-electron chi connectivity index (χ3n) is 2.63. The Morgan fingerprint density at radius 1 is 1.50 bits per heavy atom. The fourth-order valence-electron chi connectivity index (χ4n) is 1.60. The average molecular weight is 252 g/mol. The number of carbonyl (C=O) groups excluding carboxylic acids is 1. The Hall–Kier alpha value is -1.58. The van der Waals surface area contributed by atoms with Crippen molar-refractivity contribution in [3.8, 4) is 6.07 Å². The van der Waals surface area contributed by atoms with Gasteiger partial charge in [-0.15, -0.1) is 0 Å². The number of nitrogens with one attached hydrogen (secondary N) is 2. The highest BCUT2D eigenvalue weighted by Crippen LogP contribution is 1.95. The molecular formula is C12H20N4O2. The molecule has 0 bridgehead atoms. The summed E-state index contributed by atoms with van der Waals surface area (Å²) in [6.07, 6.45) is 1.45. The van der Waals surface area contributed by atoms with Gasteiger partial charge in [0.1, 0.15) is 11.6 Å². The monoisotopic (exact) mass is 252 g/mol. The highest BCUT2D eigenvalue weighted by Gasteiger charge is 2.11. The van der Waals surface area contributed by atoms with Crippen molar-refractivity contribution < 1.29 is 9.53 Å². The molecule has 0 saturated carbocycles. The van der Waals surface area contributed by atoms with Crippen molar-refractivity contribution in [1.82, 2.24) is 15.5 Å². The first kappa shape index (κ1) is 14.5. The van der Waals surface area contributed by atoms with Gasteiger partial charge in [-0.05, 0) is 6.92 Å². The van der Waals surface area contributed by atoms with Crippen LogP contribution in [0.3, 0.4) is 0 Å². The number of hydrogen-bond acceptors (Lipinski definition) is 5. The second-order valence-corrected chi connectivity index (χ2v) is 3.94. The molecule has 1 heterocycles. The van der Waals surface area contributed by atoms with Crippen molar-refractivity contribution in [2.24, 2.45) is 0 Å². The van der Waals surface area contributed by atoms with Crippen LogP contribution in [-0.2, 0) is 9.53 Å². The zero-order valence-corrected chi connectivity index (χ0v) is 10.7. The molecule has 0 spiro atoms. The summed E-state index contributed by atoms with van der Waals surface area (Å²) in [6, 6.07) is 1.88. The van der Waals surface area contributed by atoms with Gasteiger partial charge in [-0.3, -0.25) is 9.69 Å². The van der Waals surface area contributed by atoms with E-state index < -0.39 is 0 Å². The Bertz CT molecular complexity index is 329. The van der Waals surface area contributed by atoms with E-state index in [-0.39, 0.29) is 11.5 Å². The summed E-state index contributed by atoms with van der Waals surface area (Å²) < 4.78 is 5.24. The molecule has 2 N–H and O–H groups in total. The van der Waals surface area contributed by atoms with Gasteiger partial charge < -0.3 is 15.4 Å². The van der Waals surface area contributed by atoms with Crippen LogP contribution in [0.2, 0.25) is 0 Å². The molecule has 0 aromatic heterocycles. The highest BCUT2D eigenvalue weighted by molar-refractivity contribution is 5.97. The van der Waals surface area contributed by atoms with E-state index in [1.807, 2.05) is 13.0 Å². The minimum absolute atomic E-state index is 0.110. The molecule has 0 aromatic carbocycles. The van der Waals surface area contributed by atoms with Gasteiger partial charge in [-0.25, -0.2) is 0 Å². The van der Waals surface area contributed by atoms with E-state index in [2.05, 4.69) is 15.5 Å². The SMILES string of the molecule is CCN/C=C(/C#N)C(=O)NCCN1CCOCC1. The molecule has 100 valence electrons. The summed E-state index contributed by atoms with van der Waals surface area (Å²) in [5.74, 6) is -0.327. The van der Waals surface area contributed by atoms with E-state index in [1.165, 1.54) is 6.20 Å². The average Bonchev–Trinajstić information content (AvgIpc) is 2.41. The lowest BCUT2D eigenvalue weighted by atomic mass is 10.3. The lowest BCUT2D eigenvalue weighted by molar-refractivity contribution is -0.117. The van der Waals surface area contributed by atoms with E-state index in [0.29, 0.717) is 13.1 Å². The summed E-state index contributed by atoms with van der Waals surface area (Å²) in [4.78, 5) is 13.9.